The van der Waals surface area contributed by atoms with Crippen LogP contribution in [0, 0.1) is 13.8 Å². The Morgan fingerprint density at radius 3 is 2.53 bits per heavy atom. The van der Waals surface area contributed by atoms with E-state index in [0.29, 0.717) is 6.61 Å². The first-order chi connectivity index (χ1) is 9.20. The van der Waals surface area contributed by atoms with Crippen LogP contribution >= 0.6 is 11.3 Å². The van der Waals surface area contributed by atoms with E-state index in [2.05, 4.69) is 43.1 Å². The van der Waals surface area contributed by atoms with Gasteiger partial charge in [0.15, 0.2) is 0 Å². The van der Waals surface area contributed by atoms with Crippen molar-refractivity contribution in [1.82, 2.24) is 4.98 Å². The van der Waals surface area contributed by atoms with Crippen molar-refractivity contribution in [3.63, 3.8) is 0 Å². The Hall–Kier alpha value is -1.87. The quantitative estimate of drug-likeness (QED) is 0.698. The Kier molecular flexibility index (Phi) is 3.22. The summed E-state index contributed by atoms with van der Waals surface area (Å²) in [5, 5.41) is 0.736. The van der Waals surface area contributed by atoms with Gasteiger partial charge in [-0.05, 0) is 31.5 Å². The molecule has 3 rings (SSSR count). The van der Waals surface area contributed by atoms with Gasteiger partial charge in [-0.1, -0.05) is 52.8 Å². The Bertz CT molecular complexity index is 664. The maximum Gasteiger partial charge on any atom is 0.274 e. The number of para-hydroxylation sites is 1. The number of hydrogen-bond acceptors (Lipinski definition) is 3. The second-order valence-corrected chi connectivity index (χ2v) is 5.73. The largest absolute Gasteiger partial charge is 0.465 e. The summed E-state index contributed by atoms with van der Waals surface area (Å²) in [6, 6.07) is 14.6. The molecule has 1 aromatic heterocycles. The number of rotatable bonds is 3. The lowest BCUT2D eigenvalue weighted by Gasteiger charge is -2.05. The molecule has 96 valence electrons. The maximum atomic E-state index is 5.79. The van der Waals surface area contributed by atoms with E-state index in [1.165, 1.54) is 16.7 Å². The van der Waals surface area contributed by atoms with Crippen LogP contribution in [-0.2, 0) is 6.61 Å². The second kappa shape index (κ2) is 5.02. The Morgan fingerprint density at radius 2 is 1.79 bits per heavy atom. The molecule has 2 nitrogen and oxygen atoms in total. The van der Waals surface area contributed by atoms with Gasteiger partial charge in [0.1, 0.15) is 6.61 Å². The molecule has 0 fully saturated rings. The topological polar surface area (TPSA) is 22.1 Å². The van der Waals surface area contributed by atoms with E-state index in [4.69, 9.17) is 4.74 Å². The number of fused-ring (bicyclic) bond motifs is 1. The third-order valence-corrected chi connectivity index (χ3v) is 3.87. The summed E-state index contributed by atoms with van der Waals surface area (Å²) in [5.41, 5.74) is 4.73. The molecule has 0 N–H and O–H groups in total. The van der Waals surface area contributed by atoms with Crippen LogP contribution in [0.25, 0.3) is 10.2 Å². The highest BCUT2D eigenvalue weighted by atomic mass is 32.1. The van der Waals surface area contributed by atoms with Crippen LogP contribution in [0.15, 0.2) is 42.5 Å². The lowest BCUT2D eigenvalue weighted by molar-refractivity contribution is 0.305. The highest BCUT2D eigenvalue weighted by molar-refractivity contribution is 7.20. The van der Waals surface area contributed by atoms with E-state index in [9.17, 15) is 0 Å². The van der Waals surface area contributed by atoms with Crippen LogP contribution in [0.5, 0.6) is 5.19 Å². The zero-order valence-electron chi connectivity index (χ0n) is 11.0. The van der Waals surface area contributed by atoms with Crippen molar-refractivity contribution in [2.24, 2.45) is 0 Å². The van der Waals surface area contributed by atoms with Crippen molar-refractivity contribution in [3.8, 4) is 5.19 Å². The van der Waals surface area contributed by atoms with Crippen molar-refractivity contribution in [1.29, 1.82) is 0 Å². The molecule has 19 heavy (non-hydrogen) atoms. The highest BCUT2D eigenvalue weighted by Gasteiger charge is 2.04. The summed E-state index contributed by atoms with van der Waals surface area (Å²) in [6.45, 7) is 4.78. The third kappa shape index (κ3) is 2.76. The van der Waals surface area contributed by atoms with E-state index >= 15 is 0 Å². The first-order valence-corrected chi connectivity index (χ1v) is 7.08. The maximum absolute atomic E-state index is 5.79. The second-order valence-electron chi connectivity index (χ2n) is 4.73. The standard InChI is InChI=1S/C16H15NOS/c1-11-7-12(2)9-13(8-11)10-18-16-17-14-5-3-4-6-15(14)19-16/h3-9H,10H2,1-2H3. The number of hydrogen-bond donors (Lipinski definition) is 0. The van der Waals surface area contributed by atoms with Crippen LogP contribution in [0.4, 0.5) is 0 Å². The minimum absolute atomic E-state index is 0.572. The van der Waals surface area contributed by atoms with Gasteiger partial charge in [0.2, 0.25) is 0 Å². The molecule has 0 unspecified atom stereocenters. The van der Waals surface area contributed by atoms with Gasteiger partial charge in [0.25, 0.3) is 5.19 Å². The fourth-order valence-corrected chi connectivity index (χ4v) is 3.03. The van der Waals surface area contributed by atoms with E-state index in [1.807, 2.05) is 18.2 Å². The number of thiazole rings is 1. The smallest absolute Gasteiger partial charge is 0.274 e. The summed E-state index contributed by atoms with van der Waals surface area (Å²) in [4.78, 5) is 4.47. The number of aromatic nitrogens is 1. The molecule has 0 aliphatic carbocycles. The Balaban J connectivity index is 1.78. The van der Waals surface area contributed by atoms with Crippen LogP contribution in [0.1, 0.15) is 16.7 Å². The molecule has 0 aliphatic rings. The number of ether oxygens (including phenoxy) is 1. The summed E-state index contributed by atoms with van der Waals surface area (Å²) in [6.07, 6.45) is 0. The van der Waals surface area contributed by atoms with Gasteiger partial charge < -0.3 is 4.74 Å². The molecule has 1 heterocycles. The summed E-state index contributed by atoms with van der Waals surface area (Å²) in [5.74, 6) is 0. The summed E-state index contributed by atoms with van der Waals surface area (Å²) >= 11 is 1.59. The molecule has 0 spiro atoms. The average Bonchev–Trinajstić information content (AvgIpc) is 2.78. The van der Waals surface area contributed by atoms with Gasteiger partial charge in [0.05, 0.1) is 10.2 Å². The molecule has 0 atom stereocenters. The highest BCUT2D eigenvalue weighted by Crippen LogP contribution is 2.27. The molecule has 0 amide bonds. The predicted octanol–water partition coefficient (Wildman–Crippen LogP) is 4.49. The summed E-state index contributed by atoms with van der Waals surface area (Å²) in [7, 11) is 0. The van der Waals surface area contributed by atoms with Crippen molar-refractivity contribution in [2.45, 2.75) is 20.5 Å². The van der Waals surface area contributed by atoms with Gasteiger partial charge in [0, 0.05) is 0 Å². The van der Waals surface area contributed by atoms with E-state index in [0.717, 1.165) is 15.4 Å². The van der Waals surface area contributed by atoms with E-state index < -0.39 is 0 Å². The number of nitrogens with zero attached hydrogens (tertiary/aromatic N) is 1. The van der Waals surface area contributed by atoms with Gasteiger partial charge in [-0.2, -0.15) is 0 Å². The molecule has 0 radical (unpaired) electrons. The SMILES string of the molecule is Cc1cc(C)cc(COc2nc3ccccc3s2)c1. The minimum atomic E-state index is 0.572. The van der Waals surface area contributed by atoms with Crippen molar-refractivity contribution >= 4 is 21.6 Å². The lowest BCUT2D eigenvalue weighted by atomic mass is 10.1. The summed E-state index contributed by atoms with van der Waals surface area (Å²) < 4.78 is 6.96. The normalized spacial score (nSPS) is 10.8. The Labute approximate surface area is 116 Å². The monoisotopic (exact) mass is 269 g/mol. The van der Waals surface area contributed by atoms with Crippen LogP contribution in [-0.4, -0.2) is 4.98 Å². The van der Waals surface area contributed by atoms with E-state index in [-0.39, 0.29) is 0 Å². The minimum Gasteiger partial charge on any atom is -0.465 e. The number of benzene rings is 2. The number of aryl methyl sites for hydroxylation is 2. The van der Waals surface area contributed by atoms with Crippen LogP contribution in [0.3, 0.4) is 0 Å². The Morgan fingerprint density at radius 1 is 1.05 bits per heavy atom. The molecule has 0 saturated carbocycles. The van der Waals surface area contributed by atoms with Crippen LogP contribution in [0.2, 0.25) is 0 Å². The molecular formula is C16H15NOS. The fraction of sp³-hybridized carbons (Fsp3) is 0.188. The van der Waals surface area contributed by atoms with Crippen LogP contribution < -0.4 is 4.74 Å². The molecule has 0 bridgehead atoms. The van der Waals surface area contributed by atoms with Crippen molar-refractivity contribution < 1.29 is 4.74 Å². The molecule has 0 aliphatic heterocycles. The van der Waals surface area contributed by atoms with E-state index in [1.54, 1.807) is 11.3 Å². The van der Waals surface area contributed by atoms with Gasteiger partial charge >= 0.3 is 0 Å². The zero-order chi connectivity index (χ0) is 13.2. The van der Waals surface area contributed by atoms with Gasteiger partial charge in [-0.3, -0.25) is 0 Å². The third-order valence-electron chi connectivity index (χ3n) is 2.92. The first-order valence-electron chi connectivity index (χ1n) is 6.26. The molecule has 3 aromatic rings. The molecule has 3 heteroatoms. The first kappa shape index (κ1) is 12.2. The average molecular weight is 269 g/mol. The zero-order valence-corrected chi connectivity index (χ0v) is 11.8. The molecule has 0 saturated heterocycles. The van der Waals surface area contributed by atoms with Crippen molar-refractivity contribution in [2.75, 3.05) is 0 Å². The predicted molar refractivity (Wildman–Crippen MR) is 79.9 cm³/mol. The fourth-order valence-electron chi connectivity index (χ4n) is 2.21. The van der Waals surface area contributed by atoms with Crippen molar-refractivity contribution in [3.05, 3.63) is 59.2 Å². The molecular weight excluding hydrogens is 254 g/mol. The lowest BCUT2D eigenvalue weighted by Crippen LogP contribution is -1.96. The molecule has 2 aromatic carbocycles. The van der Waals surface area contributed by atoms with Gasteiger partial charge in [-0.15, -0.1) is 0 Å². The van der Waals surface area contributed by atoms with Gasteiger partial charge in [-0.25, -0.2) is 4.98 Å².